The summed E-state index contributed by atoms with van der Waals surface area (Å²) in [5, 5.41) is 15.1. The van der Waals surface area contributed by atoms with Crippen molar-refractivity contribution in [1.29, 1.82) is 0 Å². The van der Waals surface area contributed by atoms with Gasteiger partial charge in [0.1, 0.15) is 10.6 Å². The summed E-state index contributed by atoms with van der Waals surface area (Å²) in [5.41, 5.74) is -0.0127. The van der Waals surface area contributed by atoms with Gasteiger partial charge in [0.2, 0.25) is 10.0 Å². The van der Waals surface area contributed by atoms with Crippen LogP contribution in [0.3, 0.4) is 0 Å². The van der Waals surface area contributed by atoms with Crippen molar-refractivity contribution >= 4 is 36.8 Å². The lowest BCUT2D eigenvalue weighted by Crippen LogP contribution is -2.13. The van der Waals surface area contributed by atoms with Crippen molar-refractivity contribution in [3.05, 3.63) is 30.3 Å². The number of phenolic OH excluding ortho intramolecular Hbond substituents is 1. The summed E-state index contributed by atoms with van der Waals surface area (Å²) < 4.78 is 54.8. The van der Waals surface area contributed by atoms with E-state index in [1.165, 1.54) is 24.3 Å². The van der Waals surface area contributed by atoms with E-state index >= 15 is 0 Å². The predicted octanol–water partition coefficient (Wildman–Crippen LogP) is 0.408. The maximum atomic E-state index is 11.3. The minimum atomic E-state index is -4.49. The SMILES string of the molecule is NS(=O)(=O)c1ccc2c(NS(=O)(=O)O)cccc2c1O. The van der Waals surface area contributed by atoms with E-state index in [0.717, 1.165) is 6.07 Å². The number of benzene rings is 2. The fraction of sp³-hybridized carbons (Fsp3) is 0. The van der Waals surface area contributed by atoms with Gasteiger partial charge in [0.25, 0.3) is 0 Å². The monoisotopic (exact) mass is 318 g/mol. The van der Waals surface area contributed by atoms with E-state index < -0.39 is 31.0 Å². The third-order valence-corrected chi connectivity index (χ3v) is 3.96. The van der Waals surface area contributed by atoms with E-state index in [0.29, 0.717) is 0 Å². The van der Waals surface area contributed by atoms with Gasteiger partial charge in [-0.3, -0.25) is 9.27 Å². The van der Waals surface area contributed by atoms with E-state index in [4.69, 9.17) is 9.69 Å². The van der Waals surface area contributed by atoms with Gasteiger partial charge in [0.15, 0.2) is 0 Å². The van der Waals surface area contributed by atoms with Crippen LogP contribution in [0.5, 0.6) is 5.75 Å². The molecule has 2 aromatic rings. The molecule has 0 spiro atoms. The number of hydrogen-bond acceptors (Lipinski definition) is 5. The first-order chi connectivity index (χ1) is 9.09. The molecule has 0 aliphatic heterocycles. The van der Waals surface area contributed by atoms with Crippen LogP contribution < -0.4 is 9.86 Å². The molecular formula is C10H10N2O6S2. The molecule has 20 heavy (non-hydrogen) atoms. The van der Waals surface area contributed by atoms with E-state index in [1.807, 2.05) is 4.72 Å². The lowest BCUT2D eigenvalue weighted by molar-refractivity contribution is 0.465. The van der Waals surface area contributed by atoms with Gasteiger partial charge in [-0.05, 0) is 12.1 Å². The highest BCUT2D eigenvalue weighted by atomic mass is 32.2. The summed E-state index contributed by atoms with van der Waals surface area (Å²) in [6.45, 7) is 0. The molecule has 0 saturated heterocycles. The Morgan fingerprint density at radius 1 is 1.00 bits per heavy atom. The first kappa shape index (κ1) is 14.5. The third-order valence-electron chi connectivity index (χ3n) is 2.54. The number of sulfonamides is 1. The molecule has 0 saturated carbocycles. The number of phenols is 1. The molecule has 0 fully saturated rings. The fourth-order valence-corrected chi connectivity index (χ4v) is 2.87. The Bertz CT molecular complexity index is 889. The van der Waals surface area contributed by atoms with Crippen molar-refractivity contribution in [2.24, 2.45) is 5.14 Å². The maximum absolute atomic E-state index is 11.3. The molecule has 0 bridgehead atoms. The number of aromatic hydroxyl groups is 1. The lowest BCUT2D eigenvalue weighted by atomic mass is 10.1. The average Bonchev–Trinajstić information content (AvgIpc) is 2.26. The standard InChI is InChI=1S/C10H10N2O6S2/c11-19(14,15)9-5-4-6-7(10(9)13)2-1-3-8(6)12-20(16,17)18/h1-5,12-13H,(H2,11,14,15)(H,16,17,18). The Morgan fingerprint density at radius 2 is 1.65 bits per heavy atom. The molecule has 108 valence electrons. The molecule has 0 amide bonds. The summed E-state index contributed by atoms with van der Waals surface area (Å²) in [5.74, 6) is -0.594. The second-order valence-corrected chi connectivity index (χ2v) is 6.62. The lowest BCUT2D eigenvalue weighted by Gasteiger charge is -2.10. The molecule has 0 aliphatic rings. The summed E-state index contributed by atoms with van der Waals surface area (Å²) in [4.78, 5) is -0.478. The molecule has 0 aromatic heterocycles. The Labute approximate surface area is 114 Å². The molecule has 2 aromatic carbocycles. The van der Waals surface area contributed by atoms with Crippen molar-refractivity contribution in [2.45, 2.75) is 4.90 Å². The number of hydrogen-bond donors (Lipinski definition) is 4. The molecule has 8 nitrogen and oxygen atoms in total. The largest absolute Gasteiger partial charge is 0.506 e. The second-order valence-electron chi connectivity index (χ2n) is 3.94. The first-order valence-electron chi connectivity index (χ1n) is 5.12. The normalized spacial score (nSPS) is 12.5. The maximum Gasteiger partial charge on any atom is 0.357 e. The molecule has 0 unspecified atom stereocenters. The van der Waals surface area contributed by atoms with Gasteiger partial charge in [-0.1, -0.05) is 18.2 Å². The molecule has 0 aliphatic carbocycles. The van der Waals surface area contributed by atoms with E-state index in [9.17, 15) is 21.9 Å². The molecule has 2 rings (SSSR count). The predicted molar refractivity (Wildman–Crippen MR) is 72.2 cm³/mol. The highest BCUT2D eigenvalue weighted by Gasteiger charge is 2.18. The quantitative estimate of drug-likeness (QED) is 0.602. The van der Waals surface area contributed by atoms with Gasteiger partial charge < -0.3 is 5.11 Å². The highest BCUT2D eigenvalue weighted by molar-refractivity contribution is 7.89. The summed E-state index contributed by atoms with van der Waals surface area (Å²) in [7, 11) is -8.61. The summed E-state index contributed by atoms with van der Waals surface area (Å²) in [6.07, 6.45) is 0. The van der Waals surface area contributed by atoms with Crippen LogP contribution in [0.4, 0.5) is 5.69 Å². The number of primary sulfonamides is 1. The van der Waals surface area contributed by atoms with Gasteiger partial charge in [-0.2, -0.15) is 8.42 Å². The number of rotatable bonds is 3. The van der Waals surface area contributed by atoms with Crippen molar-refractivity contribution in [3.63, 3.8) is 0 Å². The van der Waals surface area contributed by atoms with Crippen LogP contribution in [0.2, 0.25) is 0 Å². The van der Waals surface area contributed by atoms with Crippen LogP contribution in [0.25, 0.3) is 10.8 Å². The number of nitrogens with one attached hydrogen (secondary N) is 1. The molecule has 0 heterocycles. The smallest absolute Gasteiger partial charge is 0.357 e. The number of fused-ring (bicyclic) bond motifs is 1. The van der Waals surface area contributed by atoms with Crippen LogP contribution in [-0.2, 0) is 20.3 Å². The van der Waals surface area contributed by atoms with Gasteiger partial charge in [0.05, 0.1) is 5.69 Å². The van der Waals surface area contributed by atoms with E-state index in [2.05, 4.69) is 0 Å². The summed E-state index contributed by atoms with van der Waals surface area (Å²) >= 11 is 0. The third kappa shape index (κ3) is 2.82. The fourth-order valence-electron chi connectivity index (χ4n) is 1.78. The van der Waals surface area contributed by atoms with Gasteiger partial charge in [0, 0.05) is 10.8 Å². The summed E-state index contributed by atoms with van der Waals surface area (Å²) in [6, 6.07) is 6.41. The van der Waals surface area contributed by atoms with Crippen LogP contribution in [0, 0.1) is 0 Å². The molecular weight excluding hydrogens is 308 g/mol. The Kier molecular flexibility index (Phi) is 3.34. The second kappa shape index (κ2) is 4.59. The molecule has 5 N–H and O–H groups in total. The topological polar surface area (TPSA) is 147 Å². The minimum absolute atomic E-state index is 0.0127. The highest BCUT2D eigenvalue weighted by Crippen LogP contribution is 2.34. The molecule has 0 atom stereocenters. The van der Waals surface area contributed by atoms with E-state index in [-0.39, 0.29) is 16.5 Å². The Morgan fingerprint density at radius 3 is 2.20 bits per heavy atom. The van der Waals surface area contributed by atoms with Crippen LogP contribution in [0.1, 0.15) is 0 Å². The Hall–Kier alpha value is -1.88. The first-order valence-corrected chi connectivity index (χ1v) is 8.11. The van der Waals surface area contributed by atoms with Crippen LogP contribution in [-0.4, -0.2) is 26.5 Å². The Balaban J connectivity index is 2.77. The molecule has 10 heteroatoms. The average molecular weight is 318 g/mol. The number of anilines is 1. The number of nitrogens with two attached hydrogens (primary N) is 1. The minimum Gasteiger partial charge on any atom is -0.506 e. The zero-order valence-electron chi connectivity index (χ0n) is 9.81. The van der Waals surface area contributed by atoms with Gasteiger partial charge in [-0.25, -0.2) is 13.6 Å². The molecule has 0 radical (unpaired) electrons. The van der Waals surface area contributed by atoms with Crippen LogP contribution in [0.15, 0.2) is 35.2 Å². The van der Waals surface area contributed by atoms with Crippen molar-refractivity contribution < 1.29 is 26.5 Å². The van der Waals surface area contributed by atoms with Gasteiger partial charge in [-0.15, -0.1) is 0 Å². The van der Waals surface area contributed by atoms with Crippen molar-refractivity contribution in [2.75, 3.05) is 4.72 Å². The van der Waals surface area contributed by atoms with Crippen molar-refractivity contribution in [1.82, 2.24) is 0 Å². The zero-order valence-corrected chi connectivity index (χ0v) is 11.4. The zero-order chi connectivity index (χ0) is 15.1. The van der Waals surface area contributed by atoms with Gasteiger partial charge >= 0.3 is 10.3 Å². The van der Waals surface area contributed by atoms with Crippen LogP contribution >= 0.6 is 0 Å². The van der Waals surface area contributed by atoms with E-state index in [1.54, 1.807) is 0 Å². The van der Waals surface area contributed by atoms with Crippen molar-refractivity contribution in [3.8, 4) is 5.75 Å².